The number of H-pyrrole nitrogens is 1. The summed E-state index contributed by atoms with van der Waals surface area (Å²) >= 11 is 0. The van der Waals surface area contributed by atoms with Gasteiger partial charge in [0.1, 0.15) is 18.4 Å². The first-order valence-electron chi connectivity index (χ1n) is 5.54. The van der Waals surface area contributed by atoms with Crippen molar-refractivity contribution in [3.05, 3.63) is 33.1 Å². The molecule has 8 nitrogen and oxygen atoms in total. The zero-order valence-electron chi connectivity index (χ0n) is 9.52. The molecule has 0 unspecified atom stereocenters. The smallest absolute Gasteiger partial charge is 0.330 e. The van der Waals surface area contributed by atoms with Crippen LogP contribution in [0.1, 0.15) is 12.6 Å². The number of aliphatic hydroxyl groups is 2. The first-order chi connectivity index (χ1) is 8.52. The molecule has 0 saturated carbocycles. The number of nitrogens with two attached hydrogens (primary N) is 1. The van der Waals surface area contributed by atoms with Gasteiger partial charge in [-0.3, -0.25) is 14.3 Å². The van der Waals surface area contributed by atoms with Crippen LogP contribution < -0.4 is 17.0 Å². The molecular formula is C10H15N3O5. The minimum absolute atomic E-state index is 0.313. The predicted molar refractivity (Wildman–Crippen MR) is 60.9 cm³/mol. The maximum absolute atomic E-state index is 11.6. The molecule has 2 heterocycles. The van der Waals surface area contributed by atoms with E-state index in [9.17, 15) is 14.7 Å². The second-order valence-electron chi connectivity index (χ2n) is 4.22. The third-order valence-electron chi connectivity index (χ3n) is 2.94. The molecule has 5 N–H and O–H groups in total. The van der Waals surface area contributed by atoms with Crippen LogP contribution in [-0.2, 0) is 4.74 Å². The summed E-state index contributed by atoms with van der Waals surface area (Å²) in [4.78, 5) is 24.6. The lowest BCUT2D eigenvalue weighted by atomic mass is 10.1. The summed E-state index contributed by atoms with van der Waals surface area (Å²) in [5, 5.41) is 18.4. The van der Waals surface area contributed by atoms with Crippen molar-refractivity contribution < 1.29 is 14.9 Å². The Morgan fingerprint density at radius 2 is 2.33 bits per heavy atom. The van der Waals surface area contributed by atoms with Crippen LogP contribution in [0.2, 0.25) is 0 Å². The molecule has 2 rings (SSSR count). The second-order valence-corrected chi connectivity index (χ2v) is 4.22. The zero-order chi connectivity index (χ0) is 13.3. The number of nitrogens with one attached hydrogen (secondary N) is 1. The highest BCUT2D eigenvalue weighted by atomic mass is 16.5. The third-order valence-corrected chi connectivity index (χ3v) is 2.94. The molecule has 1 aromatic rings. The van der Waals surface area contributed by atoms with Crippen LogP contribution in [-0.4, -0.2) is 44.6 Å². The van der Waals surface area contributed by atoms with Crippen LogP contribution in [0.4, 0.5) is 0 Å². The zero-order valence-corrected chi connectivity index (χ0v) is 9.52. The number of hydrogen-bond acceptors (Lipinski definition) is 6. The van der Waals surface area contributed by atoms with Crippen molar-refractivity contribution in [3.63, 3.8) is 0 Å². The predicted octanol–water partition coefficient (Wildman–Crippen LogP) is -2.50. The Kier molecular flexibility index (Phi) is 3.62. The summed E-state index contributed by atoms with van der Waals surface area (Å²) in [6.07, 6.45) is -0.863. The van der Waals surface area contributed by atoms with Gasteiger partial charge in [0.05, 0.1) is 6.61 Å². The molecule has 100 valence electrons. The molecule has 8 heteroatoms. The third kappa shape index (κ3) is 2.36. The molecule has 4 atom stereocenters. The highest BCUT2D eigenvalue weighted by molar-refractivity contribution is 4.91. The number of hydrogen-bond donors (Lipinski definition) is 4. The highest BCUT2D eigenvalue weighted by Gasteiger charge is 2.38. The topological polar surface area (TPSA) is 131 Å². The van der Waals surface area contributed by atoms with Crippen molar-refractivity contribution in [1.82, 2.24) is 9.55 Å². The Balaban J connectivity index is 2.22. The van der Waals surface area contributed by atoms with E-state index in [1.807, 2.05) is 0 Å². The van der Waals surface area contributed by atoms with Crippen LogP contribution >= 0.6 is 0 Å². The fourth-order valence-corrected chi connectivity index (χ4v) is 2.02. The SMILES string of the molecule is N[C@H]1C[C@@H](n2ccc(=O)[nH]c2=O)O[C@@H]1[C@H](O)CO. The van der Waals surface area contributed by atoms with Crippen molar-refractivity contribution in [2.45, 2.75) is 30.9 Å². The maximum Gasteiger partial charge on any atom is 0.330 e. The number of nitrogens with zero attached hydrogens (tertiary/aromatic N) is 1. The fraction of sp³-hybridized carbons (Fsp3) is 0.600. The molecule has 0 spiro atoms. The van der Waals surface area contributed by atoms with Gasteiger partial charge in [-0.15, -0.1) is 0 Å². The molecule has 1 aliphatic rings. The van der Waals surface area contributed by atoms with Crippen LogP contribution in [0.5, 0.6) is 0 Å². The van der Waals surface area contributed by atoms with Gasteiger partial charge in [-0.25, -0.2) is 4.79 Å². The van der Waals surface area contributed by atoms with Crippen molar-refractivity contribution in [1.29, 1.82) is 0 Å². The van der Waals surface area contributed by atoms with E-state index < -0.39 is 42.3 Å². The molecule has 1 fully saturated rings. The molecule has 18 heavy (non-hydrogen) atoms. The number of aliphatic hydroxyl groups excluding tert-OH is 2. The van der Waals surface area contributed by atoms with Crippen molar-refractivity contribution in [2.24, 2.45) is 5.73 Å². The first-order valence-corrected chi connectivity index (χ1v) is 5.54. The molecule has 0 aromatic carbocycles. The van der Waals surface area contributed by atoms with E-state index in [4.69, 9.17) is 15.6 Å². The van der Waals surface area contributed by atoms with Gasteiger partial charge in [0.25, 0.3) is 5.56 Å². The summed E-state index contributed by atoms with van der Waals surface area (Å²) in [7, 11) is 0. The minimum Gasteiger partial charge on any atom is -0.394 e. The van der Waals surface area contributed by atoms with Gasteiger partial charge in [-0.05, 0) is 0 Å². The summed E-state index contributed by atoms with van der Waals surface area (Å²) < 4.78 is 6.64. The summed E-state index contributed by atoms with van der Waals surface area (Å²) in [6.45, 7) is -0.467. The summed E-state index contributed by atoms with van der Waals surface area (Å²) in [5.41, 5.74) is 4.69. The minimum atomic E-state index is -1.09. The van der Waals surface area contributed by atoms with Crippen molar-refractivity contribution in [3.8, 4) is 0 Å². The van der Waals surface area contributed by atoms with Crippen molar-refractivity contribution in [2.75, 3.05) is 6.61 Å². The van der Waals surface area contributed by atoms with Crippen LogP contribution in [0.15, 0.2) is 21.9 Å². The quantitative estimate of drug-likeness (QED) is 0.473. The van der Waals surface area contributed by atoms with Crippen LogP contribution in [0.25, 0.3) is 0 Å². The normalized spacial score (nSPS) is 29.4. The lowest BCUT2D eigenvalue weighted by molar-refractivity contribution is -0.0781. The lowest BCUT2D eigenvalue weighted by Gasteiger charge is -2.20. The number of aromatic amines is 1. The van der Waals surface area contributed by atoms with E-state index in [-0.39, 0.29) is 0 Å². The number of ether oxygens (including phenoxy) is 1. The first kappa shape index (κ1) is 13.0. The Labute approximate surface area is 102 Å². The fourth-order valence-electron chi connectivity index (χ4n) is 2.02. The molecule has 0 radical (unpaired) electrons. The van der Waals surface area contributed by atoms with Gasteiger partial charge < -0.3 is 20.7 Å². The maximum atomic E-state index is 11.6. The van der Waals surface area contributed by atoms with Gasteiger partial charge in [0.15, 0.2) is 0 Å². The summed E-state index contributed by atoms with van der Waals surface area (Å²) in [6, 6.07) is 0.711. The van der Waals surface area contributed by atoms with E-state index >= 15 is 0 Å². The van der Waals surface area contributed by atoms with E-state index in [1.54, 1.807) is 0 Å². The molecule has 1 saturated heterocycles. The molecule has 1 aliphatic heterocycles. The monoisotopic (exact) mass is 257 g/mol. The van der Waals surface area contributed by atoms with Gasteiger partial charge in [0, 0.05) is 24.7 Å². The average Bonchev–Trinajstić information content (AvgIpc) is 2.70. The standard InChI is InChI=1S/C10H15N3O5/c11-5-3-8(18-9(5)6(15)4-14)13-2-1-7(16)12-10(13)17/h1-2,5-6,8-9,14-15H,3-4,11H2,(H,12,16,17)/t5-,6+,8-,9-/m0/s1. The van der Waals surface area contributed by atoms with Crippen LogP contribution in [0, 0.1) is 0 Å². The van der Waals surface area contributed by atoms with Gasteiger partial charge in [-0.2, -0.15) is 0 Å². The Morgan fingerprint density at radius 3 is 2.94 bits per heavy atom. The van der Waals surface area contributed by atoms with E-state index in [0.717, 1.165) is 0 Å². The Hall–Kier alpha value is -1.48. The molecule has 0 aliphatic carbocycles. The number of aromatic nitrogens is 2. The van der Waals surface area contributed by atoms with E-state index in [2.05, 4.69) is 4.98 Å². The molecule has 0 amide bonds. The van der Waals surface area contributed by atoms with E-state index in [1.165, 1.54) is 16.8 Å². The van der Waals surface area contributed by atoms with Crippen molar-refractivity contribution >= 4 is 0 Å². The van der Waals surface area contributed by atoms with E-state index in [0.29, 0.717) is 6.42 Å². The van der Waals surface area contributed by atoms with Gasteiger partial charge >= 0.3 is 5.69 Å². The Bertz CT molecular complexity index is 525. The van der Waals surface area contributed by atoms with Crippen LogP contribution in [0.3, 0.4) is 0 Å². The molecule has 0 bridgehead atoms. The molecular weight excluding hydrogens is 242 g/mol. The largest absolute Gasteiger partial charge is 0.394 e. The summed E-state index contributed by atoms with van der Waals surface area (Å²) in [5.74, 6) is 0. The van der Waals surface area contributed by atoms with Gasteiger partial charge in [-0.1, -0.05) is 0 Å². The average molecular weight is 257 g/mol. The van der Waals surface area contributed by atoms with Gasteiger partial charge in [0.2, 0.25) is 0 Å². The second kappa shape index (κ2) is 5.02. The highest BCUT2D eigenvalue weighted by Crippen LogP contribution is 2.27. The Morgan fingerprint density at radius 1 is 1.61 bits per heavy atom. The molecule has 1 aromatic heterocycles. The number of rotatable bonds is 3. The lowest BCUT2D eigenvalue weighted by Crippen LogP contribution is -2.41.